The molecule has 0 aliphatic heterocycles. The van der Waals surface area contributed by atoms with Gasteiger partial charge in [-0.1, -0.05) is 24.3 Å². The van der Waals surface area contributed by atoms with E-state index in [4.69, 9.17) is 4.74 Å². The summed E-state index contributed by atoms with van der Waals surface area (Å²) in [7, 11) is 0. The number of rotatable bonds is 9. The Balaban J connectivity index is 1.57. The minimum absolute atomic E-state index is 0.108. The van der Waals surface area contributed by atoms with Gasteiger partial charge >= 0.3 is 5.97 Å². The summed E-state index contributed by atoms with van der Waals surface area (Å²) in [4.78, 5) is 38.7. The number of carbonyl (C=O) groups is 3. The lowest BCUT2D eigenvalue weighted by Crippen LogP contribution is -2.30. The van der Waals surface area contributed by atoms with E-state index < -0.39 is 18.5 Å². The molecule has 1 heterocycles. The van der Waals surface area contributed by atoms with E-state index in [0.29, 0.717) is 24.3 Å². The van der Waals surface area contributed by atoms with E-state index >= 15 is 0 Å². The van der Waals surface area contributed by atoms with Gasteiger partial charge in [0.25, 0.3) is 11.8 Å². The van der Waals surface area contributed by atoms with Gasteiger partial charge in [0.15, 0.2) is 6.61 Å². The third-order valence-corrected chi connectivity index (χ3v) is 5.52. The maximum absolute atomic E-state index is 12.5. The van der Waals surface area contributed by atoms with Gasteiger partial charge < -0.3 is 15.0 Å². The van der Waals surface area contributed by atoms with Crippen molar-refractivity contribution in [2.45, 2.75) is 27.7 Å². The van der Waals surface area contributed by atoms with E-state index in [1.807, 2.05) is 62.7 Å². The number of hydrogen-bond acceptors (Lipinski definition) is 5. The number of hydrogen-bond donors (Lipinski definition) is 1. The number of carbonyl (C=O) groups excluding carboxylic acids is 3. The van der Waals surface area contributed by atoms with Crippen LogP contribution in [-0.2, 0) is 14.3 Å². The van der Waals surface area contributed by atoms with Crippen LogP contribution in [0.25, 0.3) is 11.8 Å². The first-order chi connectivity index (χ1) is 16.8. The normalized spacial score (nSPS) is 10.9. The number of nitrogens with zero attached hydrogens (tertiary/aromatic N) is 3. The summed E-state index contributed by atoms with van der Waals surface area (Å²) >= 11 is 0. The van der Waals surface area contributed by atoms with Gasteiger partial charge in [-0.2, -0.15) is 5.10 Å². The van der Waals surface area contributed by atoms with Crippen LogP contribution < -0.4 is 5.32 Å². The zero-order valence-corrected chi connectivity index (χ0v) is 20.4. The zero-order valence-electron chi connectivity index (χ0n) is 20.4. The van der Waals surface area contributed by atoms with Crippen molar-refractivity contribution in [1.82, 2.24) is 14.7 Å². The van der Waals surface area contributed by atoms with Crippen LogP contribution in [0.5, 0.6) is 0 Å². The Bertz CT molecular complexity index is 1230. The van der Waals surface area contributed by atoms with Crippen molar-refractivity contribution >= 4 is 29.5 Å². The molecule has 2 amide bonds. The van der Waals surface area contributed by atoms with E-state index in [1.165, 1.54) is 6.08 Å². The van der Waals surface area contributed by atoms with Crippen LogP contribution in [0.1, 0.15) is 41.2 Å². The molecule has 0 atom stereocenters. The zero-order chi connectivity index (χ0) is 25.4. The summed E-state index contributed by atoms with van der Waals surface area (Å²) in [6.45, 7) is 8.36. The monoisotopic (exact) mass is 474 g/mol. The summed E-state index contributed by atoms with van der Waals surface area (Å²) in [5.41, 5.74) is 4.33. The van der Waals surface area contributed by atoms with Gasteiger partial charge in [-0.05, 0) is 64.1 Å². The van der Waals surface area contributed by atoms with E-state index in [1.54, 1.807) is 35.2 Å². The molecule has 0 aliphatic rings. The Kier molecular flexibility index (Phi) is 8.56. The van der Waals surface area contributed by atoms with Gasteiger partial charge in [0.2, 0.25) is 0 Å². The summed E-state index contributed by atoms with van der Waals surface area (Å²) < 4.78 is 6.89. The Morgan fingerprint density at radius 2 is 1.74 bits per heavy atom. The van der Waals surface area contributed by atoms with Gasteiger partial charge in [0.1, 0.15) is 0 Å². The van der Waals surface area contributed by atoms with Gasteiger partial charge in [0, 0.05) is 41.7 Å². The summed E-state index contributed by atoms with van der Waals surface area (Å²) in [5, 5.41) is 7.20. The van der Waals surface area contributed by atoms with Crippen molar-refractivity contribution in [1.29, 1.82) is 0 Å². The molecular weight excluding hydrogens is 444 g/mol. The Labute approximate surface area is 205 Å². The van der Waals surface area contributed by atoms with Gasteiger partial charge in [-0.25, -0.2) is 9.48 Å². The van der Waals surface area contributed by atoms with Crippen molar-refractivity contribution in [2.75, 3.05) is 25.0 Å². The van der Waals surface area contributed by atoms with Crippen LogP contribution >= 0.6 is 0 Å². The minimum atomic E-state index is -0.642. The van der Waals surface area contributed by atoms with Crippen molar-refractivity contribution in [2.24, 2.45) is 0 Å². The lowest BCUT2D eigenvalue weighted by atomic mass is 10.1. The molecule has 0 unspecified atom stereocenters. The highest BCUT2D eigenvalue weighted by Crippen LogP contribution is 2.19. The molecule has 3 rings (SSSR count). The highest BCUT2D eigenvalue weighted by Gasteiger charge is 2.14. The second-order valence-corrected chi connectivity index (χ2v) is 7.88. The van der Waals surface area contributed by atoms with Crippen LogP contribution in [0.4, 0.5) is 5.69 Å². The Morgan fingerprint density at radius 1 is 1.03 bits per heavy atom. The number of amides is 2. The van der Waals surface area contributed by atoms with Crippen molar-refractivity contribution in [3.8, 4) is 5.69 Å². The highest BCUT2D eigenvalue weighted by atomic mass is 16.5. The Hall–Kier alpha value is -4.20. The fourth-order valence-electron chi connectivity index (χ4n) is 3.67. The first-order valence-electron chi connectivity index (χ1n) is 11.5. The van der Waals surface area contributed by atoms with Crippen LogP contribution in [-0.4, -0.2) is 52.2 Å². The van der Waals surface area contributed by atoms with Crippen LogP contribution in [0.15, 0.2) is 60.7 Å². The van der Waals surface area contributed by atoms with E-state index in [9.17, 15) is 14.4 Å². The predicted molar refractivity (Wildman–Crippen MR) is 135 cm³/mol. The second-order valence-electron chi connectivity index (χ2n) is 7.88. The molecule has 1 N–H and O–H groups in total. The topological polar surface area (TPSA) is 93.5 Å². The molecule has 0 fully saturated rings. The number of aromatic nitrogens is 2. The fourth-order valence-corrected chi connectivity index (χ4v) is 3.67. The average Bonchev–Trinajstić information content (AvgIpc) is 3.15. The molecule has 0 saturated heterocycles. The number of para-hydroxylation sites is 1. The number of benzene rings is 2. The standard InChI is InChI=1S/C27H30N4O4/c1-5-30(6-2)27(34)21-11-10-12-22(17-21)28-25(32)18-35-26(33)16-15-24-19(3)29-31(20(24)4)23-13-8-7-9-14-23/h7-17H,5-6,18H2,1-4H3,(H,28,32)/b16-15+. The largest absolute Gasteiger partial charge is 0.452 e. The fraction of sp³-hybridized carbons (Fsp3) is 0.259. The van der Waals surface area contributed by atoms with Crippen molar-refractivity contribution in [3.05, 3.63) is 83.2 Å². The van der Waals surface area contributed by atoms with Crippen molar-refractivity contribution < 1.29 is 19.1 Å². The van der Waals surface area contributed by atoms with Crippen LogP contribution in [0, 0.1) is 13.8 Å². The molecule has 182 valence electrons. The van der Waals surface area contributed by atoms with E-state index in [0.717, 1.165) is 22.6 Å². The van der Waals surface area contributed by atoms with Crippen LogP contribution in [0.3, 0.4) is 0 Å². The SMILES string of the molecule is CCN(CC)C(=O)c1cccc(NC(=O)COC(=O)/C=C/c2c(C)nn(-c3ccccc3)c2C)c1. The molecule has 0 aliphatic carbocycles. The third-order valence-electron chi connectivity index (χ3n) is 5.52. The predicted octanol–water partition coefficient (Wildman–Crippen LogP) is 4.17. The molecule has 0 saturated carbocycles. The molecule has 1 aromatic heterocycles. The molecular formula is C27H30N4O4. The number of aryl methyl sites for hydroxylation is 1. The average molecular weight is 475 g/mol. The number of nitrogens with one attached hydrogen (secondary N) is 1. The van der Waals surface area contributed by atoms with Gasteiger partial charge in [-0.3, -0.25) is 9.59 Å². The number of anilines is 1. The second kappa shape index (κ2) is 11.8. The van der Waals surface area contributed by atoms with Crippen LogP contribution in [0.2, 0.25) is 0 Å². The molecule has 0 radical (unpaired) electrons. The summed E-state index contributed by atoms with van der Waals surface area (Å²) in [6.07, 6.45) is 2.92. The first kappa shape index (κ1) is 25.4. The maximum Gasteiger partial charge on any atom is 0.331 e. The Morgan fingerprint density at radius 3 is 2.43 bits per heavy atom. The van der Waals surface area contributed by atoms with Gasteiger partial charge in [0.05, 0.1) is 11.4 Å². The number of ether oxygens (including phenoxy) is 1. The maximum atomic E-state index is 12.5. The molecule has 35 heavy (non-hydrogen) atoms. The lowest BCUT2D eigenvalue weighted by molar-refractivity contribution is -0.142. The molecule has 2 aromatic carbocycles. The molecule has 0 spiro atoms. The minimum Gasteiger partial charge on any atom is -0.452 e. The molecule has 8 nitrogen and oxygen atoms in total. The molecule has 3 aromatic rings. The lowest BCUT2D eigenvalue weighted by Gasteiger charge is -2.19. The number of esters is 1. The first-order valence-corrected chi connectivity index (χ1v) is 11.5. The highest BCUT2D eigenvalue weighted by molar-refractivity contribution is 5.98. The summed E-state index contributed by atoms with van der Waals surface area (Å²) in [5.74, 6) is -1.25. The van der Waals surface area contributed by atoms with Gasteiger partial charge in [-0.15, -0.1) is 0 Å². The van der Waals surface area contributed by atoms with E-state index in [-0.39, 0.29) is 5.91 Å². The summed E-state index contributed by atoms with van der Waals surface area (Å²) in [6, 6.07) is 16.4. The van der Waals surface area contributed by atoms with E-state index in [2.05, 4.69) is 10.4 Å². The quantitative estimate of drug-likeness (QED) is 0.371. The van der Waals surface area contributed by atoms with Crippen molar-refractivity contribution in [3.63, 3.8) is 0 Å². The molecule has 8 heteroatoms. The smallest absolute Gasteiger partial charge is 0.331 e. The molecule has 0 bridgehead atoms. The third kappa shape index (κ3) is 6.44.